The van der Waals surface area contributed by atoms with Gasteiger partial charge in [-0.1, -0.05) is 6.07 Å². The van der Waals surface area contributed by atoms with Crippen molar-refractivity contribution in [3.05, 3.63) is 53.8 Å². The van der Waals surface area contributed by atoms with Crippen molar-refractivity contribution in [2.75, 3.05) is 22.4 Å². The van der Waals surface area contributed by atoms with E-state index in [2.05, 4.69) is 4.74 Å². The second-order valence-electron chi connectivity index (χ2n) is 10.5. The van der Waals surface area contributed by atoms with Gasteiger partial charge in [0.2, 0.25) is 5.60 Å². The van der Waals surface area contributed by atoms with Crippen molar-refractivity contribution in [2.45, 2.75) is 62.3 Å². The Hall–Kier alpha value is -2.87. The number of anilines is 1. The van der Waals surface area contributed by atoms with Crippen LogP contribution < -0.4 is 9.04 Å². The number of rotatable bonds is 10. The lowest BCUT2D eigenvalue weighted by molar-refractivity contribution is -0.257. The van der Waals surface area contributed by atoms with E-state index in [1.807, 2.05) is 0 Å². The zero-order valence-corrected chi connectivity index (χ0v) is 23.4. The molecule has 1 heterocycles. The summed E-state index contributed by atoms with van der Waals surface area (Å²) in [6.07, 6.45) is -4.47. The molecule has 1 atom stereocenters. The lowest BCUT2D eigenvalue weighted by Gasteiger charge is -2.36. The zero-order valence-electron chi connectivity index (χ0n) is 21.8. The first-order valence-electron chi connectivity index (χ1n) is 12.5. The molecule has 4 rings (SSSR count). The van der Waals surface area contributed by atoms with Crippen LogP contribution in [-0.2, 0) is 35.8 Å². The molecule has 0 N–H and O–H groups in total. The Morgan fingerprint density at radius 1 is 1.05 bits per heavy atom. The van der Waals surface area contributed by atoms with Crippen molar-refractivity contribution in [2.24, 2.45) is 5.92 Å². The van der Waals surface area contributed by atoms with Crippen molar-refractivity contribution in [3.8, 4) is 5.75 Å². The van der Waals surface area contributed by atoms with Crippen molar-refractivity contribution in [1.82, 2.24) is 0 Å². The molecule has 14 heteroatoms. The predicted octanol–water partition coefficient (Wildman–Crippen LogP) is 4.42. The van der Waals surface area contributed by atoms with Gasteiger partial charge in [0.1, 0.15) is 17.7 Å². The fraction of sp³-hybridized carbons (Fsp3) is 0.500. The second kappa shape index (κ2) is 10.8. The van der Waals surface area contributed by atoms with E-state index in [-0.39, 0.29) is 52.3 Å². The van der Waals surface area contributed by atoms with Crippen LogP contribution in [0.25, 0.3) is 0 Å². The van der Waals surface area contributed by atoms with E-state index in [1.165, 1.54) is 18.2 Å². The van der Waals surface area contributed by atoms with Gasteiger partial charge in [-0.25, -0.2) is 21.2 Å². The molecule has 0 amide bonds. The smallest absolute Gasteiger partial charge is 0.427 e. The SMILES string of the molecule is CC(C)(OC(=O)Cc1ccc2c(c1)N(S(=O)(=O)c1ccc(F)cc1)C[C@H](CCS(=O)(=O)CC1CC1)O2)C(F)(F)F. The number of ether oxygens (including phenoxy) is 2. The molecule has 0 saturated heterocycles. The first-order valence-corrected chi connectivity index (χ1v) is 15.8. The van der Waals surface area contributed by atoms with Crippen molar-refractivity contribution in [3.63, 3.8) is 0 Å². The molecule has 0 radical (unpaired) electrons. The molecule has 40 heavy (non-hydrogen) atoms. The minimum atomic E-state index is -4.80. The number of sulfone groups is 1. The molecule has 8 nitrogen and oxygen atoms in total. The number of esters is 1. The highest BCUT2D eigenvalue weighted by Gasteiger charge is 2.50. The number of hydrogen-bond acceptors (Lipinski definition) is 7. The number of alkyl halides is 3. The first-order chi connectivity index (χ1) is 18.5. The summed E-state index contributed by atoms with van der Waals surface area (Å²) in [6, 6.07) is 8.15. The summed E-state index contributed by atoms with van der Waals surface area (Å²) in [5.74, 6) is -1.73. The van der Waals surface area contributed by atoms with Crippen LogP contribution in [0, 0.1) is 11.7 Å². The van der Waals surface area contributed by atoms with E-state index in [0.29, 0.717) is 13.8 Å². The van der Waals surface area contributed by atoms with E-state index in [4.69, 9.17) is 4.74 Å². The van der Waals surface area contributed by atoms with E-state index in [1.54, 1.807) is 0 Å². The van der Waals surface area contributed by atoms with Crippen molar-refractivity contribution < 1.29 is 48.7 Å². The van der Waals surface area contributed by atoms with Crippen LogP contribution in [-0.4, -0.2) is 58.7 Å². The van der Waals surface area contributed by atoms with Gasteiger partial charge in [-0.15, -0.1) is 0 Å². The maximum absolute atomic E-state index is 13.6. The minimum Gasteiger partial charge on any atom is -0.486 e. The summed E-state index contributed by atoms with van der Waals surface area (Å²) in [6.45, 7) is 1.15. The molecule has 0 unspecified atom stereocenters. The number of benzene rings is 2. The van der Waals surface area contributed by atoms with Gasteiger partial charge in [0, 0.05) is 0 Å². The third-order valence-corrected chi connectivity index (χ3v) is 10.3. The largest absolute Gasteiger partial charge is 0.486 e. The Kier molecular flexibility index (Phi) is 8.16. The molecule has 1 fully saturated rings. The molecule has 1 aliphatic heterocycles. The van der Waals surface area contributed by atoms with Crippen LogP contribution in [0.2, 0.25) is 0 Å². The lowest BCUT2D eigenvalue weighted by atomic mass is 10.1. The number of carbonyl (C=O) groups excluding carboxylic acids is 1. The van der Waals surface area contributed by atoms with Crippen LogP contribution in [0.15, 0.2) is 47.4 Å². The molecule has 220 valence electrons. The molecule has 0 bridgehead atoms. The van der Waals surface area contributed by atoms with Crippen LogP contribution in [0.4, 0.5) is 23.2 Å². The van der Waals surface area contributed by atoms with Gasteiger partial charge in [-0.05, 0) is 81.0 Å². The molecule has 2 aliphatic rings. The highest BCUT2D eigenvalue weighted by Crippen LogP contribution is 2.39. The summed E-state index contributed by atoms with van der Waals surface area (Å²) >= 11 is 0. The van der Waals surface area contributed by atoms with Gasteiger partial charge in [-0.2, -0.15) is 13.2 Å². The highest BCUT2D eigenvalue weighted by molar-refractivity contribution is 7.93. The third-order valence-electron chi connectivity index (χ3n) is 6.69. The van der Waals surface area contributed by atoms with Gasteiger partial charge in [0.05, 0.1) is 35.1 Å². The van der Waals surface area contributed by atoms with Gasteiger partial charge >= 0.3 is 12.1 Å². The van der Waals surface area contributed by atoms with Crippen LogP contribution >= 0.6 is 0 Å². The topological polar surface area (TPSA) is 107 Å². The van der Waals surface area contributed by atoms with Gasteiger partial charge < -0.3 is 9.47 Å². The Balaban J connectivity index is 1.61. The molecule has 0 aromatic heterocycles. The Labute approximate surface area is 230 Å². The first kappa shape index (κ1) is 30.1. The monoisotopic (exact) mass is 607 g/mol. The molecule has 2 aromatic rings. The average Bonchev–Trinajstić information content (AvgIpc) is 3.65. The predicted molar refractivity (Wildman–Crippen MR) is 138 cm³/mol. The maximum Gasteiger partial charge on any atom is 0.427 e. The van der Waals surface area contributed by atoms with Crippen molar-refractivity contribution in [1.29, 1.82) is 0 Å². The molecule has 2 aromatic carbocycles. The van der Waals surface area contributed by atoms with Gasteiger partial charge in [-0.3, -0.25) is 9.10 Å². The van der Waals surface area contributed by atoms with Crippen LogP contribution in [0.1, 0.15) is 38.7 Å². The summed E-state index contributed by atoms with van der Waals surface area (Å²) in [5.41, 5.74) is -2.57. The fourth-order valence-corrected chi connectivity index (χ4v) is 7.50. The van der Waals surface area contributed by atoms with E-state index >= 15 is 0 Å². The molecular weight excluding hydrogens is 578 g/mol. The minimum absolute atomic E-state index is 0.00166. The van der Waals surface area contributed by atoms with Gasteiger partial charge in [0.25, 0.3) is 10.0 Å². The van der Waals surface area contributed by atoms with Gasteiger partial charge in [0.15, 0.2) is 9.84 Å². The summed E-state index contributed by atoms with van der Waals surface area (Å²) in [4.78, 5) is 12.1. The molecule has 1 aliphatic carbocycles. The van der Waals surface area contributed by atoms with E-state index in [0.717, 1.165) is 41.4 Å². The maximum atomic E-state index is 13.6. The molecule has 1 saturated carbocycles. The highest BCUT2D eigenvalue weighted by atomic mass is 32.2. The summed E-state index contributed by atoms with van der Waals surface area (Å²) in [7, 11) is -7.68. The lowest BCUT2D eigenvalue weighted by Crippen LogP contribution is -2.44. The average molecular weight is 608 g/mol. The number of halogens is 4. The number of hydrogen-bond donors (Lipinski definition) is 0. The van der Waals surface area contributed by atoms with Crippen molar-refractivity contribution >= 4 is 31.5 Å². The zero-order chi connectivity index (χ0) is 29.5. The Morgan fingerprint density at radius 3 is 2.30 bits per heavy atom. The summed E-state index contributed by atoms with van der Waals surface area (Å²) < 4.78 is 117. The number of carbonyl (C=O) groups is 1. The Morgan fingerprint density at radius 2 is 1.70 bits per heavy atom. The number of sulfonamides is 1. The van der Waals surface area contributed by atoms with Crippen LogP contribution in [0.3, 0.4) is 0 Å². The standard InChI is InChI=1S/C26H29F4NO7S2/c1-25(2,26(28,29)30)38-24(32)14-18-5-10-23-22(13-18)31(40(35,36)21-8-6-19(27)7-9-21)15-20(37-23)11-12-39(33,34)16-17-3-4-17/h5-10,13,17,20H,3-4,11-12,14-16H2,1-2H3/t20-/m0/s1. The number of fused-ring (bicyclic) bond motifs is 1. The van der Waals surface area contributed by atoms with E-state index in [9.17, 15) is 39.2 Å². The second-order valence-corrected chi connectivity index (χ2v) is 14.6. The number of nitrogens with zero attached hydrogens (tertiary/aromatic N) is 1. The molecule has 0 spiro atoms. The fourth-order valence-electron chi connectivity index (χ4n) is 4.16. The third kappa shape index (κ3) is 7.06. The summed E-state index contributed by atoms with van der Waals surface area (Å²) in [5, 5.41) is 0. The molecular formula is C26H29F4NO7S2. The normalized spacial score (nSPS) is 18.1. The Bertz CT molecular complexity index is 1470. The van der Waals surface area contributed by atoms with E-state index < -0.39 is 55.9 Å². The van der Waals surface area contributed by atoms with Crippen LogP contribution in [0.5, 0.6) is 5.75 Å². The quantitative estimate of drug-likeness (QED) is 0.291.